The van der Waals surface area contributed by atoms with Gasteiger partial charge in [0, 0.05) is 0 Å². The Morgan fingerprint density at radius 3 is 1.27 bits per heavy atom. The van der Waals surface area contributed by atoms with Gasteiger partial charge in [-0.25, -0.2) is 0 Å². The Bertz CT molecular complexity index is 326. The summed E-state index contributed by atoms with van der Waals surface area (Å²) in [6.07, 6.45) is 0. The molecule has 0 saturated carbocycles. The molecule has 5 N–H and O–H groups in total. The maximum Gasteiger partial charge on any atom is 0.341 e. The van der Waals surface area contributed by atoms with Crippen LogP contribution in [0.2, 0.25) is 0 Å². The van der Waals surface area contributed by atoms with Crippen molar-refractivity contribution in [2.75, 3.05) is 0 Å². The van der Waals surface area contributed by atoms with Crippen LogP contribution < -0.4 is 0 Å². The van der Waals surface area contributed by atoms with Gasteiger partial charge in [0.2, 0.25) is 0 Å². The molecule has 0 aromatic rings. The predicted molar refractivity (Wildman–Crippen MR) is 42.2 cm³/mol. The van der Waals surface area contributed by atoms with Gasteiger partial charge >= 0.3 is 25.5 Å². The summed E-state index contributed by atoms with van der Waals surface area (Å²) < 4.78 is 10.6. The molecule has 0 aromatic heterocycles. The molecule has 1 atom stereocenters. The Morgan fingerprint density at radius 1 is 0.867 bits per heavy atom. The molecule has 0 aromatic carbocycles. The topological polar surface area (TPSA) is 169 Å². The summed E-state index contributed by atoms with van der Waals surface area (Å²) in [4.78, 5) is 48.1. The van der Waals surface area contributed by atoms with Crippen molar-refractivity contribution in [3.63, 3.8) is 0 Å². The highest BCUT2D eigenvalue weighted by molar-refractivity contribution is 7.53. The second-order valence-electron chi connectivity index (χ2n) is 2.53. The van der Waals surface area contributed by atoms with E-state index in [9.17, 15) is 18.9 Å². The molecule has 0 saturated heterocycles. The van der Waals surface area contributed by atoms with Crippen LogP contribution in [0.4, 0.5) is 0 Å². The molecule has 0 aliphatic heterocycles. The molecule has 0 bridgehead atoms. The second kappa shape index (κ2) is 4.39. The molecule has 0 heterocycles. The number of hydrogen-bond donors (Lipinski definition) is 5. The Labute approximate surface area is 82.1 Å². The van der Waals surface area contributed by atoms with Crippen LogP contribution in [0.1, 0.15) is 0 Å². The largest absolute Gasteiger partial charge is 0.481 e. The van der Waals surface area contributed by atoms with Gasteiger partial charge in [0.1, 0.15) is 0 Å². The van der Waals surface area contributed by atoms with Crippen molar-refractivity contribution in [1.29, 1.82) is 0 Å². The molecule has 10 heteroatoms. The zero-order valence-electron chi connectivity index (χ0n) is 6.97. The Kier molecular flexibility index (Phi) is 3.97. The highest BCUT2D eigenvalue weighted by Crippen LogP contribution is 2.45. The third kappa shape index (κ3) is 3.31. The first-order valence-electron chi connectivity index (χ1n) is 3.32. The summed E-state index contributed by atoms with van der Waals surface area (Å²) >= 11 is 0. The van der Waals surface area contributed by atoms with Crippen LogP contribution in [0.5, 0.6) is 0 Å². The summed E-state index contributed by atoms with van der Waals surface area (Å²) in [5.74, 6) is -9.13. The van der Waals surface area contributed by atoms with Gasteiger partial charge in [-0.15, -0.1) is 0 Å². The van der Waals surface area contributed by atoms with E-state index in [2.05, 4.69) is 0 Å². The van der Waals surface area contributed by atoms with Gasteiger partial charge in [-0.1, -0.05) is 0 Å². The highest BCUT2D eigenvalue weighted by atomic mass is 31.2. The maximum atomic E-state index is 10.6. The smallest absolute Gasteiger partial charge is 0.341 e. The Morgan fingerprint density at radius 2 is 1.20 bits per heavy atom. The molecule has 86 valence electrons. The number of carboxylic acid groups (broad SMARTS) is 3. The lowest BCUT2D eigenvalue weighted by atomic mass is 10.1. The fourth-order valence-corrected chi connectivity index (χ4v) is 1.79. The maximum absolute atomic E-state index is 10.6. The number of aliphatic carboxylic acids is 3. The minimum absolute atomic E-state index is 2.13. The quantitative estimate of drug-likeness (QED) is 0.281. The normalized spacial score (nSPS) is 13.5. The van der Waals surface area contributed by atoms with E-state index in [0.29, 0.717) is 0 Å². The van der Waals surface area contributed by atoms with Gasteiger partial charge in [0.05, 0.1) is 0 Å². The minimum atomic E-state index is -5.36. The van der Waals surface area contributed by atoms with Crippen molar-refractivity contribution in [2.24, 2.45) is 5.92 Å². The predicted octanol–water partition coefficient (Wildman–Crippen LogP) is -1.60. The van der Waals surface area contributed by atoms with Crippen molar-refractivity contribution in [2.45, 2.75) is 5.66 Å². The molecule has 0 spiro atoms. The molecule has 0 aliphatic carbocycles. The molecule has 0 radical (unpaired) electrons. The van der Waals surface area contributed by atoms with Gasteiger partial charge in [0.25, 0.3) is 0 Å². The van der Waals surface area contributed by atoms with Gasteiger partial charge in [-0.2, -0.15) is 0 Å². The van der Waals surface area contributed by atoms with Crippen molar-refractivity contribution < 1.29 is 44.1 Å². The average Bonchev–Trinajstić information content (AvgIpc) is 1.94. The standard InChI is InChI=1S/C5H7O9P/c6-3(7)1(4(8)9)2(5(10)11)15(12,13)14/h1-2H,(H,6,7)(H,8,9)(H,10,11)(H2,12,13,14). The average molecular weight is 242 g/mol. The number of carboxylic acids is 3. The molecule has 1 unspecified atom stereocenters. The van der Waals surface area contributed by atoms with E-state index in [-0.39, 0.29) is 0 Å². The van der Waals surface area contributed by atoms with Crippen LogP contribution in [-0.4, -0.2) is 48.7 Å². The molecule has 0 fully saturated rings. The monoisotopic (exact) mass is 242 g/mol. The molecule has 15 heavy (non-hydrogen) atoms. The lowest BCUT2D eigenvalue weighted by Crippen LogP contribution is -2.40. The number of carbonyl (C=O) groups is 3. The number of rotatable bonds is 5. The van der Waals surface area contributed by atoms with Crippen LogP contribution in [0, 0.1) is 5.92 Å². The molecular weight excluding hydrogens is 235 g/mol. The van der Waals surface area contributed by atoms with Gasteiger partial charge in [0.15, 0.2) is 11.6 Å². The summed E-state index contributed by atoms with van der Waals surface area (Å²) in [5, 5.41) is 25.0. The van der Waals surface area contributed by atoms with Gasteiger partial charge in [-0.05, 0) is 0 Å². The van der Waals surface area contributed by atoms with E-state index in [0.717, 1.165) is 0 Å². The van der Waals surface area contributed by atoms with Crippen LogP contribution in [0.3, 0.4) is 0 Å². The molecule has 0 amide bonds. The fourth-order valence-electron chi connectivity index (χ4n) is 0.856. The lowest BCUT2D eigenvalue weighted by molar-refractivity contribution is -0.159. The first-order chi connectivity index (χ1) is 6.59. The van der Waals surface area contributed by atoms with Crippen molar-refractivity contribution in [3.8, 4) is 0 Å². The van der Waals surface area contributed by atoms with Crippen molar-refractivity contribution >= 4 is 25.5 Å². The Hall–Kier alpha value is -1.44. The minimum Gasteiger partial charge on any atom is -0.481 e. The fraction of sp³-hybridized carbons (Fsp3) is 0.400. The lowest BCUT2D eigenvalue weighted by Gasteiger charge is -2.17. The summed E-state index contributed by atoms with van der Waals surface area (Å²) in [5.41, 5.74) is -2.80. The van der Waals surface area contributed by atoms with Crippen LogP contribution in [0.15, 0.2) is 0 Å². The van der Waals surface area contributed by atoms with E-state index in [1.807, 2.05) is 0 Å². The van der Waals surface area contributed by atoms with E-state index >= 15 is 0 Å². The zero-order valence-corrected chi connectivity index (χ0v) is 7.87. The molecular formula is C5H7O9P. The van der Waals surface area contributed by atoms with E-state index in [4.69, 9.17) is 25.1 Å². The van der Waals surface area contributed by atoms with Crippen LogP contribution in [0.25, 0.3) is 0 Å². The summed E-state index contributed by atoms with van der Waals surface area (Å²) in [6.45, 7) is 0. The zero-order chi connectivity index (χ0) is 12.4. The van der Waals surface area contributed by atoms with Crippen molar-refractivity contribution in [1.82, 2.24) is 0 Å². The highest BCUT2D eigenvalue weighted by Gasteiger charge is 2.50. The van der Waals surface area contributed by atoms with Gasteiger partial charge < -0.3 is 25.1 Å². The third-order valence-corrected chi connectivity index (χ3v) is 2.71. The molecule has 0 aliphatic rings. The van der Waals surface area contributed by atoms with Crippen molar-refractivity contribution in [3.05, 3.63) is 0 Å². The first kappa shape index (κ1) is 13.6. The van der Waals surface area contributed by atoms with Crippen LogP contribution >= 0.6 is 7.60 Å². The second-order valence-corrected chi connectivity index (χ2v) is 4.26. The molecule has 9 nitrogen and oxygen atoms in total. The third-order valence-electron chi connectivity index (χ3n) is 1.46. The number of hydrogen-bond acceptors (Lipinski definition) is 4. The Balaban J connectivity index is 5.41. The summed E-state index contributed by atoms with van der Waals surface area (Å²) in [7, 11) is -5.36. The first-order valence-corrected chi connectivity index (χ1v) is 5.00. The SMILES string of the molecule is O=C(O)C(C(=O)O)C(C(=O)O)P(=O)(O)O. The van der Waals surface area contributed by atoms with E-state index in [1.54, 1.807) is 0 Å². The summed E-state index contributed by atoms with van der Waals surface area (Å²) in [6, 6.07) is 0. The van der Waals surface area contributed by atoms with E-state index < -0.39 is 37.1 Å². The molecule has 0 rings (SSSR count). The van der Waals surface area contributed by atoms with Gasteiger partial charge in [-0.3, -0.25) is 18.9 Å². The van der Waals surface area contributed by atoms with Crippen LogP contribution in [-0.2, 0) is 18.9 Å². The van der Waals surface area contributed by atoms with E-state index in [1.165, 1.54) is 0 Å².